The van der Waals surface area contributed by atoms with E-state index in [2.05, 4.69) is 5.32 Å². The number of benzene rings is 1. The molecule has 1 aliphatic rings. The van der Waals surface area contributed by atoms with Gasteiger partial charge >= 0.3 is 0 Å². The van der Waals surface area contributed by atoms with Crippen molar-refractivity contribution in [3.63, 3.8) is 0 Å². The maximum atomic E-state index is 13.3. The highest BCUT2D eigenvalue weighted by molar-refractivity contribution is 6.09. The lowest BCUT2D eigenvalue weighted by Gasteiger charge is -2.26. The van der Waals surface area contributed by atoms with Gasteiger partial charge in [0.1, 0.15) is 17.6 Å². The first-order chi connectivity index (χ1) is 11.1. The van der Waals surface area contributed by atoms with Crippen LogP contribution in [0.3, 0.4) is 0 Å². The van der Waals surface area contributed by atoms with Crippen LogP contribution in [0.15, 0.2) is 18.2 Å². The van der Waals surface area contributed by atoms with Crippen molar-refractivity contribution in [1.82, 2.24) is 5.32 Å². The third-order valence-corrected chi connectivity index (χ3v) is 4.15. The number of nitrogens with one attached hydrogen (secondary N) is 1. The van der Waals surface area contributed by atoms with Crippen LogP contribution in [0, 0.1) is 23.0 Å². The molecule has 2 N–H and O–H groups in total. The minimum absolute atomic E-state index is 0.0424. The number of amides is 2. The Hall–Kier alpha value is -2.02. The number of carbonyl (C=O) groups is 2. The summed E-state index contributed by atoms with van der Waals surface area (Å²) in [7, 11) is 0. The second-order valence-electron chi connectivity index (χ2n) is 7.09. The molecule has 2 unspecified atom stereocenters. The smallest absolute Gasteiger partial charge is 0.239 e. The maximum Gasteiger partial charge on any atom is 0.239 e. The van der Waals surface area contributed by atoms with Gasteiger partial charge in [-0.3, -0.25) is 9.59 Å². The van der Waals surface area contributed by atoms with E-state index >= 15 is 0 Å². The summed E-state index contributed by atoms with van der Waals surface area (Å²) in [6.45, 7) is 5.77. The molecule has 1 fully saturated rings. The Labute approximate surface area is 139 Å². The summed E-state index contributed by atoms with van der Waals surface area (Å²) >= 11 is 0. The van der Waals surface area contributed by atoms with Crippen LogP contribution >= 0.6 is 0 Å². The van der Waals surface area contributed by atoms with Crippen LogP contribution in [-0.2, 0) is 9.59 Å². The van der Waals surface area contributed by atoms with Crippen molar-refractivity contribution in [2.75, 3.05) is 18.0 Å². The summed E-state index contributed by atoms with van der Waals surface area (Å²) in [4.78, 5) is 25.8. The van der Waals surface area contributed by atoms with Gasteiger partial charge in [-0.05, 0) is 24.0 Å². The first kappa shape index (κ1) is 18.3. The third kappa shape index (κ3) is 4.08. The number of anilines is 1. The third-order valence-electron chi connectivity index (χ3n) is 4.15. The number of halogens is 2. The topological polar surface area (TPSA) is 69.6 Å². The number of aliphatic hydroxyl groups excluding tert-OH is 1. The quantitative estimate of drug-likeness (QED) is 0.822. The first-order valence-electron chi connectivity index (χ1n) is 7.83. The van der Waals surface area contributed by atoms with Crippen molar-refractivity contribution in [3.05, 3.63) is 29.8 Å². The van der Waals surface area contributed by atoms with E-state index in [0.29, 0.717) is 0 Å². The van der Waals surface area contributed by atoms with Gasteiger partial charge in [-0.1, -0.05) is 20.8 Å². The van der Waals surface area contributed by atoms with E-state index in [4.69, 9.17) is 0 Å². The van der Waals surface area contributed by atoms with Crippen molar-refractivity contribution in [3.8, 4) is 0 Å². The van der Waals surface area contributed by atoms with Crippen LogP contribution < -0.4 is 10.2 Å². The molecule has 0 saturated carbocycles. The normalized spacial score (nSPS) is 19.5. The molecule has 132 valence electrons. The van der Waals surface area contributed by atoms with E-state index in [1.165, 1.54) is 4.90 Å². The lowest BCUT2D eigenvalue weighted by atomic mass is 9.89. The van der Waals surface area contributed by atoms with Gasteiger partial charge in [-0.15, -0.1) is 0 Å². The summed E-state index contributed by atoms with van der Waals surface area (Å²) in [6.07, 6.45) is -0.486. The zero-order valence-corrected chi connectivity index (χ0v) is 14.0. The molecule has 2 rings (SSSR count). The molecule has 2 atom stereocenters. The van der Waals surface area contributed by atoms with Gasteiger partial charge in [0.25, 0.3) is 0 Å². The van der Waals surface area contributed by atoms with Gasteiger partial charge in [0.05, 0.1) is 6.10 Å². The largest absolute Gasteiger partial charge is 0.391 e. The fourth-order valence-corrected chi connectivity index (χ4v) is 2.50. The summed E-state index contributed by atoms with van der Waals surface area (Å²) in [5.74, 6) is -3.45. The minimum atomic E-state index is -0.913. The molecule has 1 aliphatic heterocycles. The molecule has 0 radical (unpaired) electrons. The molecule has 0 spiro atoms. The van der Waals surface area contributed by atoms with Crippen LogP contribution in [0.4, 0.5) is 14.5 Å². The van der Waals surface area contributed by atoms with Crippen LogP contribution in [0.1, 0.15) is 27.2 Å². The van der Waals surface area contributed by atoms with E-state index in [1.807, 2.05) is 20.8 Å². The number of rotatable bonds is 4. The Kier molecular flexibility index (Phi) is 5.22. The number of carbonyl (C=O) groups excluding carboxylic acids is 2. The second kappa shape index (κ2) is 6.84. The van der Waals surface area contributed by atoms with Gasteiger partial charge in [0.2, 0.25) is 11.8 Å². The molecule has 2 amide bonds. The Morgan fingerprint density at radius 2 is 1.92 bits per heavy atom. The average molecular weight is 340 g/mol. The number of hydrogen-bond acceptors (Lipinski definition) is 3. The van der Waals surface area contributed by atoms with Crippen molar-refractivity contribution in [2.45, 2.75) is 33.3 Å². The highest BCUT2D eigenvalue weighted by Crippen LogP contribution is 2.27. The zero-order valence-electron chi connectivity index (χ0n) is 14.0. The molecule has 1 aromatic carbocycles. The van der Waals surface area contributed by atoms with E-state index < -0.39 is 40.9 Å². The Balaban J connectivity index is 2.02. The maximum absolute atomic E-state index is 13.3. The molecule has 1 heterocycles. The van der Waals surface area contributed by atoms with E-state index in [-0.39, 0.29) is 25.2 Å². The van der Waals surface area contributed by atoms with E-state index in [9.17, 15) is 23.5 Å². The first-order valence-corrected chi connectivity index (χ1v) is 7.83. The molecule has 0 bridgehead atoms. The van der Waals surface area contributed by atoms with E-state index in [0.717, 1.165) is 18.2 Å². The molecule has 1 saturated heterocycles. The van der Waals surface area contributed by atoms with Gasteiger partial charge in [0, 0.05) is 24.8 Å². The van der Waals surface area contributed by atoms with E-state index in [1.54, 1.807) is 0 Å². The van der Waals surface area contributed by atoms with Crippen LogP contribution in [0.25, 0.3) is 0 Å². The van der Waals surface area contributed by atoms with Crippen LogP contribution in [0.2, 0.25) is 0 Å². The lowest BCUT2D eigenvalue weighted by Crippen LogP contribution is -2.43. The lowest BCUT2D eigenvalue weighted by molar-refractivity contribution is -0.132. The Morgan fingerprint density at radius 1 is 1.33 bits per heavy atom. The minimum Gasteiger partial charge on any atom is -0.391 e. The molecule has 0 aromatic heterocycles. The predicted molar refractivity (Wildman–Crippen MR) is 85.3 cm³/mol. The zero-order chi connectivity index (χ0) is 18.1. The van der Waals surface area contributed by atoms with Crippen molar-refractivity contribution >= 4 is 17.5 Å². The molecular weight excluding hydrogens is 318 g/mol. The van der Waals surface area contributed by atoms with Gasteiger partial charge < -0.3 is 15.3 Å². The average Bonchev–Trinajstić information content (AvgIpc) is 2.84. The molecule has 5 nitrogen and oxygen atoms in total. The van der Waals surface area contributed by atoms with Gasteiger partial charge in [-0.2, -0.15) is 0 Å². The highest BCUT2D eigenvalue weighted by Gasteiger charge is 2.38. The molecule has 0 aliphatic carbocycles. The van der Waals surface area contributed by atoms with Crippen molar-refractivity contribution in [1.29, 1.82) is 0 Å². The SMILES string of the molecule is CC(C)(C)C(O)CNC(=O)C1CCN(c2cc(F)cc(F)c2)C1=O. The molecule has 7 heteroatoms. The number of aliphatic hydroxyl groups is 1. The summed E-state index contributed by atoms with van der Waals surface area (Å²) in [5.41, 5.74) is -0.291. The fraction of sp³-hybridized carbons (Fsp3) is 0.529. The monoisotopic (exact) mass is 340 g/mol. The highest BCUT2D eigenvalue weighted by atomic mass is 19.1. The summed E-state index contributed by atoms with van der Waals surface area (Å²) < 4.78 is 26.6. The molecular formula is C17H22F2N2O3. The fourth-order valence-electron chi connectivity index (χ4n) is 2.50. The van der Waals surface area contributed by atoms with Crippen molar-refractivity contribution < 1.29 is 23.5 Å². The standard InChI is InChI=1S/C17H22F2N2O3/c1-17(2,3)14(22)9-20-15(23)13-4-5-21(16(13)24)12-7-10(18)6-11(19)8-12/h6-8,13-14,22H,4-5,9H2,1-3H3,(H,20,23). The Morgan fingerprint density at radius 3 is 2.46 bits per heavy atom. The van der Waals surface area contributed by atoms with Gasteiger partial charge in [-0.25, -0.2) is 8.78 Å². The van der Waals surface area contributed by atoms with Gasteiger partial charge in [0.15, 0.2) is 0 Å². The van der Waals surface area contributed by atoms with Crippen LogP contribution in [-0.4, -0.2) is 36.1 Å². The summed E-state index contributed by atoms with van der Waals surface area (Å²) in [5, 5.41) is 12.5. The van der Waals surface area contributed by atoms with Crippen molar-refractivity contribution in [2.24, 2.45) is 11.3 Å². The summed E-state index contributed by atoms with van der Waals surface area (Å²) in [6, 6.07) is 2.84. The van der Waals surface area contributed by atoms with Crippen LogP contribution in [0.5, 0.6) is 0 Å². The second-order valence-corrected chi connectivity index (χ2v) is 7.09. The Bertz CT molecular complexity index is 623. The molecule has 1 aromatic rings. The molecule has 24 heavy (non-hydrogen) atoms. The number of hydrogen-bond donors (Lipinski definition) is 2. The predicted octanol–water partition coefficient (Wildman–Crippen LogP) is 1.84. The number of nitrogens with zero attached hydrogens (tertiary/aromatic N) is 1.